The minimum atomic E-state index is -6.36. The Hall–Kier alpha value is -0.370. The van der Waals surface area contributed by atoms with E-state index in [1.54, 1.807) is 0 Å². The number of halogens is 8. The standard InChI is InChI=1S/C4H3F8O2P/c5-3(6,7)2(4(8,9)10)1-14-15(11,12)13/h2H,1H2. The molecule has 15 heavy (non-hydrogen) atoms. The van der Waals surface area contributed by atoms with Crippen molar-refractivity contribution >= 4 is 7.99 Å². The molecule has 0 atom stereocenters. The van der Waals surface area contributed by atoms with Gasteiger partial charge in [-0.2, -0.15) is 26.3 Å². The van der Waals surface area contributed by atoms with Crippen LogP contribution in [0.2, 0.25) is 0 Å². The molecule has 0 aliphatic carbocycles. The Bertz CT molecular complexity index is 236. The first-order valence-corrected chi connectivity index (χ1v) is 4.52. The molecule has 0 radical (unpaired) electrons. The molecule has 0 aromatic carbocycles. The van der Waals surface area contributed by atoms with Crippen molar-refractivity contribution in [2.45, 2.75) is 12.4 Å². The molecule has 0 saturated carbocycles. The second kappa shape index (κ2) is 4.25. The maximum Gasteiger partial charge on any atom is 0.551 e. The van der Waals surface area contributed by atoms with E-state index >= 15 is 0 Å². The normalized spacial score (nSPS) is 14.7. The Morgan fingerprint density at radius 1 is 1.00 bits per heavy atom. The van der Waals surface area contributed by atoms with Crippen molar-refractivity contribution in [1.82, 2.24) is 0 Å². The maximum atomic E-state index is 11.7. The summed E-state index contributed by atoms with van der Waals surface area (Å²) in [5, 5.41) is 0. The van der Waals surface area contributed by atoms with Gasteiger partial charge in [0.25, 0.3) is 0 Å². The number of rotatable bonds is 3. The molecule has 0 aliphatic rings. The number of alkyl halides is 6. The molecule has 0 spiro atoms. The molecule has 0 rings (SSSR count). The lowest BCUT2D eigenvalue weighted by Crippen LogP contribution is -2.39. The molecule has 0 aromatic rings. The molecular formula is C4H3F8O2P. The minimum absolute atomic E-state index is 2.42. The van der Waals surface area contributed by atoms with E-state index in [1.807, 2.05) is 0 Å². The highest BCUT2D eigenvalue weighted by Gasteiger charge is 2.57. The van der Waals surface area contributed by atoms with Crippen LogP contribution in [0.3, 0.4) is 0 Å². The molecule has 0 aliphatic heterocycles. The number of hydrogen-bond acceptors (Lipinski definition) is 2. The van der Waals surface area contributed by atoms with E-state index in [1.165, 1.54) is 0 Å². The highest BCUT2D eigenvalue weighted by Crippen LogP contribution is 2.52. The average Bonchev–Trinajstić information content (AvgIpc) is 1.75. The van der Waals surface area contributed by atoms with Gasteiger partial charge in [0, 0.05) is 0 Å². The third-order valence-corrected chi connectivity index (χ3v) is 1.63. The lowest BCUT2D eigenvalue weighted by Gasteiger charge is -2.21. The van der Waals surface area contributed by atoms with Gasteiger partial charge >= 0.3 is 20.3 Å². The molecule has 92 valence electrons. The van der Waals surface area contributed by atoms with Crippen molar-refractivity contribution < 1.29 is 43.8 Å². The van der Waals surface area contributed by atoms with E-state index in [0.29, 0.717) is 0 Å². The lowest BCUT2D eigenvalue weighted by molar-refractivity contribution is -0.289. The van der Waals surface area contributed by atoms with Crippen molar-refractivity contribution in [3.05, 3.63) is 0 Å². The smallest absolute Gasteiger partial charge is 0.279 e. The van der Waals surface area contributed by atoms with Gasteiger partial charge in [-0.15, -0.1) is 8.39 Å². The van der Waals surface area contributed by atoms with Crippen LogP contribution in [-0.4, -0.2) is 19.0 Å². The quantitative estimate of drug-likeness (QED) is 0.573. The maximum absolute atomic E-state index is 11.7. The summed E-state index contributed by atoms with van der Waals surface area (Å²) in [4.78, 5) is 0. The Kier molecular flexibility index (Phi) is 4.14. The van der Waals surface area contributed by atoms with Gasteiger partial charge in [0.05, 0.1) is 6.61 Å². The van der Waals surface area contributed by atoms with Crippen LogP contribution >= 0.6 is 7.99 Å². The molecule has 0 unspecified atom stereocenters. The third kappa shape index (κ3) is 5.93. The largest absolute Gasteiger partial charge is 0.551 e. The summed E-state index contributed by atoms with van der Waals surface area (Å²) in [7, 11) is -6.36. The molecule has 11 heteroatoms. The average molecular weight is 266 g/mol. The second-order valence-corrected chi connectivity index (χ2v) is 3.43. The Balaban J connectivity index is 4.64. The minimum Gasteiger partial charge on any atom is -0.279 e. The van der Waals surface area contributed by atoms with Crippen LogP contribution < -0.4 is 0 Å². The van der Waals surface area contributed by atoms with E-state index < -0.39 is 32.9 Å². The van der Waals surface area contributed by atoms with Crippen LogP contribution in [0.25, 0.3) is 0 Å². The second-order valence-electron chi connectivity index (χ2n) is 2.35. The topological polar surface area (TPSA) is 26.3 Å². The van der Waals surface area contributed by atoms with E-state index in [-0.39, 0.29) is 0 Å². The first kappa shape index (κ1) is 14.6. The summed E-state index contributed by atoms with van der Waals surface area (Å²) in [6.45, 7) is -2.42. The van der Waals surface area contributed by atoms with Gasteiger partial charge in [-0.05, 0) is 0 Å². The van der Waals surface area contributed by atoms with Gasteiger partial charge in [0.2, 0.25) is 0 Å². The summed E-state index contributed by atoms with van der Waals surface area (Å²) in [5.41, 5.74) is 0. The summed E-state index contributed by atoms with van der Waals surface area (Å²) < 4.78 is 105. The van der Waals surface area contributed by atoms with Crippen molar-refractivity contribution in [3.63, 3.8) is 0 Å². The summed E-state index contributed by atoms with van der Waals surface area (Å²) in [5.74, 6) is -4.08. The molecular weight excluding hydrogens is 263 g/mol. The van der Waals surface area contributed by atoms with Crippen LogP contribution in [0.1, 0.15) is 0 Å². The fourth-order valence-electron chi connectivity index (χ4n) is 0.536. The zero-order valence-corrected chi connectivity index (χ0v) is 7.47. The van der Waals surface area contributed by atoms with Crippen LogP contribution in [0.5, 0.6) is 0 Å². The van der Waals surface area contributed by atoms with Crippen molar-refractivity contribution in [2.75, 3.05) is 6.61 Å². The fourth-order valence-corrected chi connectivity index (χ4v) is 0.858. The SMILES string of the molecule is O=P(F)(F)OCC(C(F)(F)F)C(F)(F)F. The zero-order chi connectivity index (χ0) is 12.5. The molecule has 2 nitrogen and oxygen atoms in total. The van der Waals surface area contributed by atoms with E-state index in [0.717, 1.165) is 0 Å². The van der Waals surface area contributed by atoms with Crippen molar-refractivity contribution in [2.24, 2.45) is 5.92 Å². The molecule has 0 fully saturated rings. The highest BCUT2D eigenvalue weighted by atomic mass is 31.2. The van der Waals surface area contributed by atoms with Gasteiger partial charge < -0.3 is 0 Å². The van der Waals surface area contributed by atoms with Gasteiger partial charge in [-0.3, -0.25) is 4.52 Å². The number of hydrogen-bond donors (Lipinski definition) is 0. The van der Waals surface area contributed by atoms with Crippen LogP contribution in [0.15, 0.2) is 0 Å². The Morgan fingerprint density at radius 2 is 1.33 bits per heavy atom. The van der Waals surface area contributed by atoms with Crippen LogP contribution in [0, 0.1) is 5.92 Å². The predicted octanol–water partition coefficient (Wildman–Crippen LogP) is 3.79. The molecule has 0 heterocycles. The summed E-state index contributed by atoms with van der Waals surface area (Å²) >= 11 is 0. The predicted molar refractivity (Wildman–Crippen MR) is 31.4 cm³/mol. The molecule has 0 N–H and O–H groups in total. The zero-order valence-electron chi connectivity index (χ0n) is 6.57. The van der Waals surface area contributed by atoms with Gasteiger partial charge in [-0.25, -0.2) is 4.57 Å². The Morgan fingerprint density at radius 3 is 1.53 bits per heavy atom. The van der Waals surface area contributed by atoms with Crippen molar-refractivity contribution in [3.8, 4) is 0 Å². The van der Waals surface area contributed by atoms with E-state index in [9.17, 15) is 39.3 Å². The van der Waals surface area contributed by atoms with Gasteiger partial charge in [0.15, 0.2) is 5.92 Å². The molecule has 0 bridgehead atoms. The Labute approximate surface area is 77.9 Å². The van der Waals surface area contributed by atoms with E-state index in [2.05, 4.69) is 4.52 Å². The van der Waals surface area contributed by atoms with Crippen LogP contribution in [-0.2, 0) is 9.09 Å². The van der Waals surface area contributed by atoms with Crippen molar-refractivity contribution in [1.29, 1.82) is 0 Å². The third-order valence-electron chi connectivity index (χ3n) is 1.18. The highest BCUT2D eigenvalue weighted by molar-refractivity contribution is 7.47. The molecule has 0 aromatic heterocycles. The lowest BCUT2D eigenvalue weighted by atomic mass is 10.1. The monoisotopic (exact) mass is 266 g/mol. The van der Waals surface area contributed by atoms with Crippen LogP contribution in [0.4, 0.5) is 34.7 Å². The van der Waals surface area contributed by atoms with Gasteiger partial charge in [-0.1, -0.05) is 0 Å². The molecule has 0 amide bonds. The van der Waals surface area contributed by atoms with E-state index in [4.69, 9.17) is 0 Å². The summed E-state index contributed by atoms with van der Waals surface area (Å²) in [6, 6.07) is 0. The molecule has 0 saturated heterocycles. The van der Waals surface area contributed by atoms with Gasteiger partial charge in [0.1, 0.15) is 0 Å². The fraction of sp³-hybridized carbons (Fsp3) is 1.00. The summed E-state index contributed by atoms with van der Waals surface area (Å²) in [6.07, 6.45) is -11.6. The first-order chi connectivity index (χ1) is 6.34. The first-order valence-electron chi connectivity index (χ1n) is 3.11.